The molecule has 1 amide bonds. The van der Waals surface area contributed by atoms with Crippen molar-refractivity contribution in [3.63, 3.8) is 0 Å². The Kier molecular flexibility index (Phi) is 6.84. The van der Waals surface area contributed by atoms with Crippen LogP contribution < -0.4 is 10.1 Å². The lowest BCUT2D eigenvalue weighted by molar-refractivity contribution is -0.124. The van der Waals surface area contributed by atoms with E-state index in [1.165, 1.54) is 17.5 Å². The van der Waals surface area contributed by atoms with Crippen LogP contribution in [0.1, 0.15) is 44.6 Å². The van der Waals surface area contributed by atoms with Gasteiger partial charge < -0.3 is 10.1 Å². The van der Waals surface area contributed by atoms with Crippen molar-refractivity contribution in [2.24, 2.45) is 0 Å². The minimum Gasteiger partial charge on any atom is -0.497 e. The van der Waals surface area contributed by atoms with Crippen LogP contribution in [0, 0.1) is 6.92 Å². The summed E-state index contributed by atoms with van der Waals surface area (Å²) in [5.74, 6) is 0.293. The van der Waals surface area contributed by atoms with Gasteiger partial charge >= 0.3 is 0 Å². The Morgan fingerprint density at radius 1 is 1.36 bits per heavy atom. The van der Waals surface area contributed by atoms with E-state index in [1.54, 1.807) is 19.1 Å². The number of unbranched alkanes of at least 4 members (excludes halogenated alkanes) is 2. The van der Waals surface area contributed by atoms with E-state index in [1.807, 2.05) is 0 Å². The molecule has 1 aliphatic rings. The first-order valence-electron chi connectivity index (χ1n) is 8.86. The number of rotatable bonds is 8. The zero-order chi connectivity index (χ0) is 18.4. The third kappa shape index (κ3) is 4.52. The maximum atomic E-state index is 13.1. The molecule has 1 saturated heterocycles. The van der Waals surface area contributed by atoms with Crippen LogP contribution in [-0.2, 0) is 14.8 Å². The molecule has 0 saturated carbocycles. The molecule has 0 unspecified atom stereocenters. The molecular formula is C18H28N2O4S. The van der Waals surface area contributed by atoms with Crippen LogP contribution in [0.2, 0.25) is 0 Å². The van der Waals surface area contributed by atoms with Gasteiger partial charge in [-0.3, -0.25) is 4.79 Å². The predicted octanol–water partition coefficient (Wildman–Crippen LogP) is 2.46. The average molecular weight is 368 g/mol. The SMILES string of the molecule is CCCCCNC(=O)[C@@H]1CCCN1S(=O)(=O)c1cc(OC)ccc1C. The molecule has 7 heteroatoms. The molecule has 25 heavy (non-hydrogen) atoms. The lowest BCUT2D eigenvalue weighted by Gasteiger charge is -2.24. The maximum absolute atomic E-state index is 13.1. The summed E-state index contributed by atoms with van der Waals surface area (Å²) in [5.41, 5.74) is 0.648. The summed E-state index contributed by atoms with van der Waals surface area (Å²) in [7, 11) is -2.24. The van der Waals surface area contributed by atoms with E-state index < -0.39 is 16.1 Å². The number of amides is 1. The second-order valence-corrected chi connectivity index (χ2v) is 8.26. The number of carbonyl (C=O) groups is 1. The van der Waals surface area contributed by atoms with Crippen molar-refractivity contribution in [3.05, 3.63) is 23.8 Å². The minimum absolute atomic E-state index is 0.197. The van der Waals surface area contributed by atoms with Crippen molar-refractivity contribution in [2.75, 3.05) is 20.2 Å². The summed E-state index contributed by atoms with van der Waals surface area (Å²) in [6.45, 7) is 4.81. The molecule has 1 aliphatic heterocycles. The van der Waals surface area contributed by atoms with Crippen LogP contribution in [0.5, 0.6) is 5.75 Å². The Morgan fingerprint density at radius 2 is 2.12 bits per heavy atom. The lowest BCUT2D eigenvalue weighted by atomic mass is 10.2. The molecule has 0 aliphatic carbocycles. The second kappa shape index (κ2) is 8.67. The maximum Gasteiger partial charge on any atom is 0.244 e. The molecule has 1 N–H and O–H groups in total. The van der Waals surface area contributed by atoms with Crippen LogP contribution >= 0.6 is 0 Å². The van der Waals surface area contributed by atoms with Gasteiger partial charge in [-0.2, -0.15) is 4.31 Å². The van der Waals surface area contributed by atoms with Gasteiger partial charge in [0.2, 0.25) is 15.9 Å². The van der Waals surface area contributed by atoms with Crippen molar-refractivity contribution >= 4 is 15.9 Å². The van der Waals surface area contributed by atoms with Crippen molar-refractivity contribution in [1.82, 2.24) is 9.62 Å². The molecule has 0 spiro atoms. The number of nitrogens with zero attached hydrogens (tertiary/aromatic N) is 1. The van der Waals surface area contributed by atoms with Crippen molar-refractivity contribution in [3.8, 4) is 5.75 Å². The summed E-state index contributed by atoms with van der Waals surface area (Å²) in [6.07, 6.45) is 4.29. The molecule has 140 valence electrons. The summed E-state index contributed by atoms with van der Waals surface area (Å²) < 4.78 is 32.7. The van der Waals surface area contributed by atoms with E-state index in [0.717, 1.165) is 19.3 Å². The smallest absolute Gasteiger partial charge is 0.244 e. The normalized spacial score (nSPS) is 18.3. The fraction of sp³-hybridized carbons (Fsp3) is 0.611. The molecule has 6 nitrogen and oxygen atoms in total. The number of aryl methyl sites for hydroxylation is 1. The number of benzene rings is 1. The zero-order valence-corrected chi connectivity index (χ0v) is 16.1. The molecular weight excluding hydrogens is 340 g/mol. The van der Waals surface area contributed by atoms with Gasteiger partial charge in [0, 0.05) is 19.2 Å². The largest absolute Gasteiger partial charge is 0.497 e. The fourth-order valence-corrected chi connectivity index (χ4v) is 5.00. The summed E-state index contributed by atoms with van der Waals surface area (Å²) in [6, 6.07) is 4.36. The molecule has 0 aromatic heterocycles. The number of ether oxygens (including phenoxy) is 1. The monoisotopic (exact) mass is 368 g/mol. The third-order valence-electron chi connectivity index (χ3n) is 4.57. The first-order valence-corrected chi connectivity index (χ1v) is 10.3. The Labute approximate surface area is 150 Å². The lowest BCUT2D eigenvalue weighted by Crippen LogP contribution is -2.46. The molecule has 1 heterocycles. The Balaban J connectivity index is 2.19. The van der Waals surface area contributed by atoms with Crippen LogP contribution in [-0.4, -0.2) is 44.9 Å². The van der Waals surface area contributed by atoms with Gasteiger partial charge in [-0.15, -0.1) is 0 Å². The van der Waals surface area contributed by atoms with Crippen molar-refractivity contribution in [1.29, 1.82) is 0 Å². The van der Waals surface area contributed by atoms with E-state index in [2.05, 4.69) is 12.2 Å². The van der Waals surface area contributed by atoms with Crippen molar-refractivity contribution in [2.45, 2.75) is 56.9 Å². The van der Waals surface area contributed by atoms with E-state index in [9.17, 15) is 13.2 Å². The highest BCUT2D eigenvalue weighted by molar-refractivity contribution is 7.89. The first kappa shape index (κ1) is 19.7. The van der Waals surface area contributed by atoms with Crippen LogP contribution in [0.4, 0.5) is 0 Å². The summed E-state index contributed by atoms with van der Waals surface area (Å²) in [5, 5.41) is 2.88. The highest BCUT2D eigenvalue weighted by Crippen LogP contribution is 2.30. The quantitative estimate of drug-likeness (QED) is 0.715. The van der Waals surface area contributed by atoms with E-state index in [0.29, 0.717) is 37.2 Å². The van der Waals surface area contributed by atoms with Gasteiger partial charge in [0.25, 0.3) is 0 Å². The number of nitrogens with one attached hydrogen (secondary N) is 1. The standard InChI is InChI=1S/C18H28N2O4S/c1-4-5-6-11-19-18(21)16-8-7-12-20(16)25(22,23)17-13-15(24-3)10-9-14(17)2/h9-10,13,16H,4-8,11-12H2,1-3H3,(H,19,21)/t16-/m0/s1. The van der Waals surface area contributed by atoms with E-state index in [-0.39, 0.29) is 10.8 Å². The first-order chi connectivity index (χ1) is 11.9. The number of sulfonamides is 1. The average Bonchev–Trinajstić information content (AvgIpc) is 3.09. The Morgan fingerprint density at radius 3 is 2.80 bits per heavy atom. The molecule has 1 aromatic carbocycles. The number of hydrogen-bond donors (Lipinski definition) is 1. The van der Waals surface area contributed by atoms with Crippen LogP contribution in [0.25, 0.3) is 0 Å². The number of carbonyl (C=O) groups excluding carboxylic acids is 1. The summed E-state index contributed by atoms with van der Waals surface area (Å²) >= 11 is 0. The second-order valence-electron chi connectivity index (χ2n) is 6.40. The zero-order valence-electron chi connectivity index (χ0n) is 15.2. The van der Waals surface area contributed by atoms with Gasteiger partial charge in [-0.1, -0.05) is 25.8 Å². The van der Waals surface area contributed by atoms with Gasteiger partial charge in [-0.25, -0.2) is 8.42 Å². The molecule has 1 fully saturated rings. The molecule has 2 rings (SSSR count). The third-order valence-corrected chi connectivity index (χ3v) is 6.62. The fourth-order valence-electron chi connectivity index (χ4n) is 3.11. The predicted molar refractivity (Wildman–Crippen MR) is 97.2 cm³/mol. The summed E-state index contributed by atoms with van der Waals surface area (Å²) in [4.78, 5) is 12.7. The molecule has 0 bridgehead atoms. The van der Waals surface area contributed by atoms with Crippen molar-refractivity contribution < 1.29 is 17.9 Å². The van der Waals surface area contributed by atoms with Gasteiger partial charge in [0.1, 0.15) is 11.8 Å². The Hall–Kier alpha value is -1.60. The van der Waals surface area contributed by atoms with Crippen LogP contribution in [0.3, 0.4) is 0 Å². The minimum atomic E-state index is -3.74. The topological polar surface area (TPSA) is 75.7 Å². The highest BCUT2D eigenvalue weighted by atomic mass is 32.2. The Bertz CT molecular complexity index is 703. The van der Waals surface area contributed by atoms with Gasteiger partial charge in [0.15, 0.2) is 0 Å². The van der Waals surface area contributed by atoms with E-state index in [4.69, 9.17) is 4.74 Å². The van der Waals surface area contributed by atoms with Gasteiger partial charge in [-0.05, 0) is 37.8 Å². The van der Waals surface area contributed by atoms with E-state index >= 15 is 0 Å². The molecule has 1 atom stereocenters. The highest BCUT2D eigenvalue weighted by Gasteiger charge is 2.39. The molecule has 1 aromatic rings. The number of hydrogen-bond acceptors (Lipinski definition) is 4. The molecule has 0 radical (unpaired) electrons. The van der Waals surface area contributed by atoms with Crippen LogP contribution in [0.15, 0.2) is 23.1 Å². The van der Waals surface area contributed by atoms with Gasteiger partial charge in [0.05, 0.1) is 12.0 Å². The number of methoxy groups -OCH3 is 1.